The van der Waals surface area contributed by atoms with Crippen LogP contribution in [0.2, 0.25) is 0 Å². The van der Waals surface area contributed by atoms with Crippen LogP contribution in [0.5, 0.6) is 0 Å². The van der Waals surface area contributed by atoms with Crippen molar-refractivity contribution in [3.63, 3.8) is 0 Å². The molecule has 1 aliphatic rings. The second kappa shape index (κ2) is 5.69. The van der Waals surface area contributed by atoms with E-state index in [0.29, 0.717) is 5.92 Å². The third-order valence-electron chi connectivity index (χ3n) is 3.25. The Kier molecular flexibility index (Phi) is 3.97. The molecule has 16 heavy (non-hydrogen) atoms. The van der Waals surface area contributed by atoms with Gasteiger partial charge in [-0.05, 0) is 18.4 Å². The van der Waals surface area contributed by atoms with Gasteiger partial charge in [-0.1, -0.05) is 54.8 Å². The summed E-state index contributed by atoms with van der Waals surface area (Å²) >= 11 is 0. The average molecular weight is 217 g/mol. The number of oxime groups is 1. The van der Waals surface area contributed by atoms with Crippen molar-refractivity contribution in [3.05, 3.63) is 35.9 Å². The van der Waals surface area contributed by atoms with Crippen LogP contribution in [0.25, 0.3) is 0 Å². The van der Waals surface area contributed by atoms with Crippen LogP contribution in [0.3, 0.4) is 0 Å². The first kappa shape index (κ1) is 11.2. The van der Waals surface area contributed by atoms with Crippen molar-refractivity contribution in [1.82, 2.24) is 0 Å². The summed E-state index contributed by atoms with van der Waals surface area (Å²) in [7, 11) is 1.63. The van der Waals surface area contributed by atoms with Gasteiger partial charge in [0.25, 0.3) is 0 Å². The average Bonchev–Trinajstić information content (AvgIpc) is 2.38. The molecule has 0 bridgehead atoms. The monoisotopic (exact) mass is 217 g/mol. The molecule has 1 fully saturated rings. The lowest BCUT2D eigenvalue weighted by Gasteiger charge is -2.22. The van der Waals surface area contributed by atoms with Crippen LogP contribution in [0.15, 0.2) is 35.5 Å². The largest absolute Gasteiger partial charge is 0.399 e. The van der Waals surface area contributed by atoms with Crippen molar-refractivity contribution >= 4 is 5.71 Å². The highest BCUT2D eigenvalue weighted by Gasteiger charge is 2.21. The molecule has 0 aromatic heterocycles. The molecule has 0 radical (unpaired) electrons. The maximum absolute atomic E-state index is 5.00. The Hall–Kier alpha value is -1.31. The zero-order chi connectivity index (χ0) is 11.2. The molecule has 2 rings (SSSR count). The molecule has 0 N–H and O–H groups in total. The summed E-state index contributed by atoms with van der Waals surface area (Å²) in [6.45, 7) is 0. The summed E-state index contributed by atoms with van der Waals surface area (Å²) in [5.41, 5.74) is 2.33. The Morgan fingerprint density at radius 3 is 2.44 bits per heavy atom. The Balaban J connectivity index is 2.20. The van der Waals surface area contributed by atoms with Gasteiger partial charge >= 0.3 is 0 Å². The van der Waals surface area contributed by atoms with Crippen molar-refractivity contribution in [3.8, 4) is 0 Å². The third-order valence-corrected chi connectivity index (χ3v) is 3.25. The third kappa shape index (κ3) is 2.63. The molecule has 86 valence electrons. The van der Waals surface area contributed by atoms with Gasteiger partial charge in [0, 0.05) is 5.92 Å². The van der Waals surface area contributed by atoms with Gasteiger partial charge in [-0.3, -0.25) is 0 Å². The van der Waals surface area contributed by atoms with E-state index in [0.717, 1.165) is 5.71 Å². The van der Waals surface area contributed by atoms with E-state index in [-0.39, 0.29) is 0 Å². The zero-order valence-corrected chi connectivity index (χ0v) is 9.86. The molecule has 1 aromatic rings. The quantitative estimate of drug-likeness (QED) is 0.559. The maximum Gasteiger partial charge on any atom is 0.106 e. The molecule has 2 heteroatoms. The van der Waals surface area contributed by atoms with E-state index >= 15 is 0 Å². The van der Waals surface area contributed by atoms with E-state index in [1.165, 1.54) is 37.7 Å². The lowest BCUT2D eigenvalue weighted by Crippen LogP contribution is -2.19. The highest BCUT2D eigenvalue weighted by atomic mass is 16.6. The smallest absolute Gasteiger partial charge is 0.106 e. The molecule has 1 aliphatic carbocycles. The molecule has 0 amide bonds. The molecule has 0 heterocycles. The fourth-order valence-electron chi connectivity index (χ4n) is 2.45. The minimum absolute atomic E-state index is 0.580. The minimum Gasteiger partial charge on any atom is -0.399 e. The molecule has 0 unspecified atom stereocenters. The normalized spacial score (nSPS) is 18.4. The predicted octanol–water partition coefficient (Wildman–Crippen LogP) is 3.62. The van der Waals surface area contributed by atoms with Crippen LogP contribution in [0, 0.1) is 5.92 Å². The second-order valence-corrected chi connectivity index (χ2v) is 4.36. The van der Waals surface area contributed by atoms with Gasteiger partial charge in [-0.2, -0.15) is 0 Å². The number of hydrogen-bond donors (Lipinski definition) is 0. The van der Waals surface area contributed by atoms with Crippen LogP contribution in [-0.2, 0) is 4.84 Å². The molecular weight excluding hydrogens is 198 g/mol. The topological polar surface area (TPSA) is 21.6 Å². The van der Waals surface area contributed by atoms with E-state index in [4.69, 9.17) is 4.84 Å². The maximum atomic E-state index is 5.00. The van der Waals surface area contributed by atoms with E-state index in [1.54, 1.807) is 7.11 Å². The summed E-state index contributed by atoms with van der Waals surface area (Å²) in [5.74, 6) is 0.580. The number of hydrogen-bond acceptors (Lipinski definition) is 2. The number of benzene rings is 1. The Bertz CT molecular complexity index is 339. The fourth-order valence-corrected chi connectivity index (χ4v) is 2.45. The molecule has 0 spiro atoms. The first-order chi connectivity index (χ1) is 7.92. The highest BCUT2D eigenvalue weighted by Crippen LogP contribution is 2.27. The standard InChI is InChI=1S/C14H19NO/c1-16-15-14(12-8-4-2-5-9-12)13-10-6-3-7-11-13/h2,4-5,8-9,13H,3,6-7,10-11H2,1H3/b15-14-. The molecular formula is C14H19NO. The second-order valence-electron chi connectivity index (χ2n) is 4.36. The van der Waals surface area contributed by atoms with Gasteiger partial charge in [-0.15, -0.1) is 0 Å². The lowest BCUT2D eigenvalue weighted by molar-refractivity contribution is 0.210. The zero-order valence-electron chi connectivity index (χ0n) is 9.86. The van der Waals surface area contributed by atoms with Crippen molar-refractivity contribution in [2.24, 2.45) is 11.1 Å². The lowest BCUT2D eigenvalue weighted by atomic mass is 9.83. The Labute approximate surface area is 97.3 Å². The highest BCUT2D eigenvalue weighted by molar-refractivity contribution is 6.01. The summed E-state index contributed by atoms with van der Waals surface area (Å²) in [4.78, 5) is 5.00. The van der Waals surface area contributed by atoms with E-state index in [2.05, 4.69) is 29.4 Å². The number of rotatable bonds is 3. The van der Waals surface area contributed by atoms with Gasteiger partial charge in [0.15, 0.2) is 0 Å². The molecule has 1 aromatic carbocycles. The molecule has 0 aliphatic heterocycles. The van der Waals surface area contributed by atoms with Crippen LogP contribution in [0.4, 0.5) is 0 Å². The van der Waals surface area contributed by atoms with Crippen LogP contribution in [-0.4, -0.2) is 12.8 Å². The van der Waals surface area contributed by atoms with Crippen LogP contribution in [0.1, 0.15) is 37.7 Å². The van der Waals surface area contributed by atoms with Gasteiger partial charge < -0.3 is 4.84 Å². The minimum atomic E-state index is 0.580. The molecule has 2 nitrogen and oxygen atoms in total. The summed E-state index contributed by atoms with van der Waals surface area (Å²) < 4.78 is 0. The van der Waals surface area contributed by atoms with Crippen molar-refractivity contribution in [1.29, 1.82) is 0 Å². The van der Waals surface area contributed by atoms with Crippen molar-refractivity contribution in [2.45, 2.75) is 32.1 Å². The molecule has 0 atom stereocenters. The van der Waals surface area contributed by atoms with Crippen molar-refractivity contribution in [2.75, 3.05) is 7.11 Å². The Morgan fingerprint density at radius 1 is 1.12 bits per heavy atom. The van der Waals surface area contributed by atoms with E-state index in [9.17, 15) is 0 Å². The van der Waals surface area contributed by atoms with Crippen LogP contribution < -0.4 is 0 Å². The van der Waals surface area contributed by atoms with Gasteiger partial charge in [0.1, 0.15) is 7.11 Å². The first-order valence-electron chi connectivity index (χ1n) is 6.08. The number of nitrogens with zero attached hydrogens (tertiary/aromatic N) is 1. The van der Waals surface area contributed by atoms with Gasteiger partial charge in [0.05, 0.1) is 5.71 Å². The molecule has 1 saturated carbocycles. The fraction of sp³-hybridized carbons (Fsp3) is 0.500. The van der Waals surface area contributed by atoms with E-state index < -0.39 is 0 Å². The Morgan fingerprint density at radius 2 is 1.81 bits per heavy atom. The summed E-state index contributed by atoms with van der Waals surface area (Å²) in [6, 6.07) is 10.4. The molecule has 0 saturated heterocycles. The predicted molar refractivity (Wildman–Crippen MR) is 66.6 cm³/mol. The van der Waals surface area contributed by atoms with Gasteiger partial charge in [0.2, 0.25) is 0 Å². The first-order valence-corrected chi connectivity index (χ1v) is 6.08. The van der Waals surface area contributed by atoms with Crippen molar-refractivity contribution < 1.29 is 4.84 Å². The summed E-state index contributed by atoms with van der Waals surface area (Å²) in [6.07, 6.45) is 6.50. The van der Waals surface area contributed by atoms with Crippen LogP contribution >= 0.6 is 0 Å². The SMILES string of the molecule is CO/N=C(/c1ccccc1)C1CCCCC1. The van der Waals surface area contributed by atoms with E-state index in [1.807, 2.05) is 6.07 Å². The summed E-state index contributed by atoms with van der Waals surface area (Å²) in [5, 5.41) is 4.23. The van der Waals surface area contributed by atoms with Gasteiger partial charge in [-0.25, -0.2) is 0 Å².